The van der Waals surface area contributed by atoms with Crippen LogP contribution in [0.1, 0.15) is 42.9 Å². The Morgan fingerprint density at radius 3 is 2.52 bits per heavy atom. The molecule has 0 radical (unpaired) electrons. The summed E-state index contributed by atoms with van der Waals surface area (Å²) in [5, 5.41) is 12.8. The van der Waals surface area contributed by atoms with E-state index >= 15 is 0 Å². The van der Waals surface area contributed by atoms with Crippen molar-refractivity contribution in [3.05, 3.63) is 39.9 Å². The van der Waals surface area contributed by atoms with Crippen molar-refractivity contribution in [3.63, 3.8) is 0 Å². The summed E-state index contributed by atoms with van der Waals surface area (Å²) >= 11 is 1.45. The molecule has 21 heavy (non-hydrogen) atoms. The predicted molar refractivity (Wildman–Crippen MR) is 81.6 cm³/mol. The van der Waals surface area contributed by atoms with Gasteiger partial charge in [-0.05, 0) is 37.5 Å². The zero-order valence-corrected chi connectivity index (χ0v) is 13.4. The molecule has 0 aliphatic heterocycles. The van der Waals surface area contributed by atoms with Crippen molar-refractivity contribution >= 4 is 16.5 Å². The lowest BCUT2D eigenvalue weighted by Gasteiger charge is -2.14. The molecule has 0 amide bonds. The number of nitrogens with one attached hydrogen (secondary N) is 1. The third-order valence-corrected chi connectivity index (χ3v) is 4.01. The Hall–Kier alpha value is -1.56. The van der Waals surface area contributed by atoms with Crippen molar-refractivity contribution in [3.8, 4) is 0 Å². The minimum atomic E-state index is -0.416. The van der Waals surface area contributed by atoms with Crippen molar-refractivity contribution in [2.75, 3.05) is 5.32 Å². The third kappa shape index (κ3) is 3.97. The molecule has 1 unspecified atom stereocenters. The van der Waals surface area contributed by atoms with Crippen LogP contribution in [0.2, 0.25) is 0 Å². The van der Waals surface area contributed by atoms with Crippen LogP contribution in [0.3, 0.4) is 0 Å². The number of aromatic nitrogens is 2. The van der Waals surface area contributed by atoms with Crippen molar-refractivity contribution in [2.45, 2.75) is 40.2 Å². The zero-order valence-electron chi connectivity index (χ0n) is 12.6. The molecule has 0 aliphatic carbocycles. The van der Waals surface area contributed by atoms with Gasteiger partial charge >= 0.3 is 0 Å². The summed E-state index contributed by atoms with van der Waals surface area (Å²) in [7, 11) is 0. The normalized spacial score (nSPS) is 12.7. The summed E-state index contributed by atoms with van der Waals surface area (Å²) in [6.45, 7) is 7.54. The number of aryl methyl sites for hydroxylation is 1. The molecule has 1 aromatic carbocycles. The van der Waals surface area contributed by atoms with Crippen LogP contribution >= 0.6 is 11.3 Å². The average Bonchev–Trinajstić information content (AvgIpc) is 2.80. The maximum Gasteiger partial charge on any atom is 0.206 e. The molecule has 0 saturated heterocycles. The monoisotopic (exact) mass is 311 g/mol. The van der Waals surface area contributed by atoms with Crippen LogP contribution in [0.15, 0.2) is 12.1 Å². The molecule has 1 N–H and O–H groups in total. The summed E-state index contributed by atoms with van der Waals surface area (Å²) in [4.78, 5) is 0. The summed E-state index contributed by atoms with van der Waals surface area (Å²) < 4.78 is 27.5. The van der Waals surface area contributed by atoms with Gasteiger partial charge in [-0.2, -0.15) is 0 Å². The molecule has 3 nitrogen and oxygen atoms in total. The molecule has 0 spiro atoms. The van der Waals surface area contributed by atoms with E-state index in [1.807, 2.05) is 0 Å². The van der Waals surface area contributed by atoms with Crippen molar-refractivity contribution in [2.24, 2.45) is 5.92 Å². The van der Waals surface area contributed by atoms with E-state index in [1.54, 1.807) is 13.8 Å². The molecule has 2 aromatic rings. The zero-order chi connectivity index (χ0) is 15.6. The standard InChI is InChI=1S/C15H19F2N3S/c1-8(2)5-14-19-20-15(21-14)18-10(4)11-7-12(16)9(3)6-13(11)17/h6-8,10H,5H2,1-4H3,(H,18,20). The van der Waals surface area contributed by atoms with Gasteiger partial charge in [0, 0.05) is 12.0 Å². The Balaban J connectivity index is 2.12. The van der Waals surface area contributed by atoms with E-state index in [9.17, 15) is 8.78 Å². The molecule has 0 bridgehead atoms. The van der Waals surface area contributed by atoms with Gasteiger partial charge in [0.15, 0.2) is 0 Å². The van der Waals surface area contributed by atoms with Gasteiger partial charge in [-0.15, -0.1) is 10.2 Å². The SMILES string of the molecule is Cc1cc(F)c(C(C)Nc2nnc(CC(C)C)s2)cc1F. The van der Waals surface area contributed by atoms with E-state index in [1.165, 1.54) is 23.5 Å². The lowest BCUT2D eigenvalue weighted by atomic mass is 10.1. The fourth-order valence-electron chi connectivity index (χ4n) is 2.00. The maximum absolute atomic E-state index is 13.9. The van der Waals surface area contributed by atoms with E-state index in [4.69, 9.17) is 0 Å². The highest BCUT2D eigenvalue weighted by Crippen LogP contribution is 2.26. The molecule has 0 saturated carbocycles. The Bertz CT molecular complexity index is 625. The molecule has 2 rings (SSSR count). The van der Waals surface area contributed by atoms with Crippen LogP contribution in [0, 0.1) is 24.5 Å². The second kappa shape index (κ2) is 6.47. The van der Waals surface area contributed by atoms with E-state index in [2.05, 4.69) is 29.4 Å². The lowest BCUT2D eigenvalue weighted by molar-refractivity contribution is 0.571. The van der Waals surface area contributed by atoms with Crippen LogP contribution < -0.4 is 5.32 Å². The van der Waals surface area contributed by atoms with Gasteiger partial charge in [0.1, 0.15) is 16.6 Å². The van der Waals surface area contributed by atoms with E-state index in [-0.39, 0.29) is 6.04 Å². The Morgan fingerprint density at radius 1 is 1.14 bits per heavy atom. The maximum atomic E-state index is 13.9. The van der Waals surface area contributed by atoms with Gasteiger partial charge in [-0.3, -0.25) is 0 Å². The van der Waals surface area contributed by atoms with Gasteiger partial charge in [0.2, 0.25) is 5.13 Å². The molecular formula is C15H19F2N3S. The number of anilines is 1. The summed E-state index contributed by atoms with van der Waals surface area (Å²) in [5.74, 6) is -0.314. The summed E-state index contributed by atoms with van der Waals surface area (Å²) in [6.07, 6.45) is 0.862. The molecule has 114 valence electrons. The second-order valence-corrected chi connectivity index (χ2v) is 6.65. The highest BCUT2D eigenvalue weighted by molar-refractivity contribution is 7.15. The van der Waals surface area contributed by atoms with Crippen LogP contribution in [-0.4, -0.2) is 10.2 Å². The molecule has 1 atom stereocenters. The van der Waals surface area contributed by atoms with E-state index < -0.39 is 11.6 Å². The third-order valence-electron chi connectivity index (χ3n) is 3.13. The first kappa shape index (κ1) is 15.8. The minimum Gasteiger partial charge on any atom is -0.353 e. The topological polar surface area (TPSA) is 37.8 Å². The highest BCUT2D eigenvalue weighted by Gasteiger charge is 2.15. The fourth-order valence-corrected chi connectivity index (χ4v) is 3.04. The summed E-state index contributed by atoms with van der Waals surface area (Å²) in [6, 6.07) is 2.07. The molecule has 1 heterocycles. The van der Waals surface area contributed by atoms with Crippen LogP contribution in [0.25, 0.3) is 0 Å². The number of rotatable bonds is 5. The fraction of sp³-hybridized carbons (Fsp3) is 0.467. The average molecular weight is 311 g/mol. The smallest absolute Gasteiger partial charge is 0.206 e. The van der Waals surface area contributed by atoms with E-state index in [0.29, 0.717) is 22.2 Å². The minimum absolute atomic E-state index is 0.290. The lowest BCUT2D eigenvalue weighted by Crippen LogP contribution is -2.09. The number of benzene rings is 1. The van der Waals surface area contributed by atoms with E-state index in [0.717, 1.165) is 11.4 Å². The van der Waals surface area contributed by atoms with Crippen molar-refractivity contribution < 1.29 is 8.78 Å². The molecular weight excluding hydrogens is 292 g/mol. The molecule has 1 aromatic heterocycles. The first-order valence-electron chi connectivity index (χ1n) is 6.91. The van der Waals surface area contributed by atoms with Gasteiger partial charge < -0.3 is 5.32 Å². The quantitative estimate of drug-likeness (QED) is 0.883. The summed E-state index contributed by atoms with van der Waals surface area (Å²) in [5.41, 5.74) is 0.595. The number of halogens is 2. The Kier molecular flexibility index (Phi) is 4.88. The molecule has 0 aliphatic rings. The van der Waals surface area contributed by atoms with Crippen molar-refractivity contribution in [1.29, 1.82) is 0 Å². The van der Waals surface area contributed by atoms with Crippen LogP contribution in [0.5, 0.6) is 0 Å². The Morgan fingerprint density at radius 2 is 1.86 bits per heavy atom. The number of hydrogen-bond acceptors (Lipinski definition) is 4. The second-order valence-electron chi connectivity index (χ2n) is 5.59. The first-order chi connectivity index (χ1) is 9.86. The van der Waals surface area contributed by atoms with Crippen molar-refractivity contribution in [1.82, 2.24) is 10.2 Å². The number of hydrogen-bond donors (Lipinski definition) is 1. The van der Waals surface area contributed by atoms with Crippen LogP contribution in [-0.2, 0) is 6.42 Å². The van der Waals surface area contributed by atoms with Crippen LogP contribution in [0.4, 0.5) is 13.9 Å². The van der Waals surface area contributed by atoms with Gasteiger partial charge in [0.05, 0.1) is 6.04 Å². The Labute approximate surface area is 127 Å². The van der Waals surface area contributed by atoms with Gasteiger partial charge in [-0.1, -0.05) is 25.2 Å². The highest BCUT2D eigenvalue weighted by atomic mass is 32.1. The molecule has 6 heteroatoms. The molecule has 0 fully saturated rings. The predicted octanol–water partition coefficient (Wildman–Crippen LogP) is 4.50. The first-order valence-corrected chi connectivity index (χ1v) is 7.73. The van der Waals surface area contributed by atoms with Gasteiger partial charge in [-0.25, -0.2) is 8.78 Å². The van der Waals surface area contributed by atoms with Gasteiger partial charge in [0.25, 0.3) is 0 Å². The largest absolute Gasteiger partial charge is 0.353 e. The number of nitrogens with zero attached hydrogens (tertiary/aromatic N) is 2.